The van der Waals surface area contributed by atoms with Crippen LogP contribution < -0.4 is 10.6 Å². The van der Waals surface area contributed by atoms with Gasteiger partial charge in [-0.3, -0.25) is 4.79 Å². The van der Waals surface area contributed by atoms with Crippen LogP contribution in [0.2, 0.25) is 0 Å². The van der Waals surface area contributed by atoms with Gasteiger partial charge in [-0.05, 0) is 24.0 Å². The molecule has 2 N–H and O–H groups in total. The largest absolute Gasteiger partial charge is 0.355 e. The fraction of sp³-hybridized carbons (Fsp3) is 0.500. The van der Waals surface area contributed by atoms with Gasteiger partial charge in [0.2, 0.25) is 5.91 Å². The summed E-state index contributed by atoms with van der Waals surface area (Å²) in [4.78, 5) is 12.0. The van der Waals surface area contributed by atoms with E-state index in [-0.39, 0.29) is 17.7 Å². The van der Waals surface area contributed by atoms with Gasteiger partial charge in [0.1, 0.15) is 9.84 Å². The number of benzene rings is 1. The molecule has 0 aromatic heterocycles. The highest BCUT2D eigenvalue weighted by atomic mass is 32.2. The number of carbonyl (C=O) groups excluding carboxylic acids is 1. The second kappa shape index (κ2) is 6.37. The molecular weight excluding hydrogens is 276 g/mol. The van der Waals surface area contributed by atoms with Crippen molar-refractivity contribution in [3.63, 3.8) is 0 Å². The fourth-order valence-corrected chi connectivity index (χ4v) is 2.98. The minimum Gasteiger partial charge on any atom is -0.355 e. The molecule has 0 aliphatic carbocycles. The molecule has 0 bridgehead atoms. The molecule has 1 aliphatic rings. The summed E-state index contributed by atoms with van der Waals surface area (Å²) >= 11 is 0. The summed E-state index contributed by atoms with van der Waals surface area (Å²) < 4.78 is 22.0. The molecular formula is C14H20N2O3S. The zero-order valence-corrected chi connectivity index (χ0v) is 12.4. The van der Waals surface area contributed by atoms with Crippen LogP contribution in [-0.2, 0) is 27.6 Å². The lowest BCUT2D eigenvalue weighted by Gasteiger charge is -2.25. The molecule has 6 heteroatoms. The minimum absolute atomic E-state index is 0.0620. The number of sulfone groups is 1. The van der Waals surface area contributed by atoms with Gasteiger partial charge >= 0.3 is 0 Å². The van der Waals surface area contributed by atoms with E-state index in [1.165, 1.54) is 17.4 Å². The zero-order chi connectivity index (χ0) is 14.6. The molecule has 0 fully saturated rings. The standard InChI is InChI=1S/C14H20N2O3S/c1-20(18,19)8-4-7-15-14(17)13-9-11-5-2-3-6-12(11)10-16-13/h2-3,5-6,13,16H,4,7-10H2,1H3,(H,15,17)/t13-/m0/s1. The smallest absolute Gasteiger partial charge is 0.237 e. The van der Waals surface area contributed by atoms with Crippen LogP contribution in [0.5, 0.6) is 0 Å². The van der Waals surface area contributed by atoms with Crippen LogP contribution in [0, 0.1) is 0 Å². The monoisotopic (exact) mass is 296 g/mol. The lowest BCUT2D eigenvalue weighted by Crippen LogP contribution is -2.47. The molecule has 1 aliphatic heterocycles. The Bertz CT molecular complexity index is 584. The Hall–Kier alpha value is -1.40. The van der Waals surface area contributed by atoms with Crippen LogP contribution in [-0.4, -0.2) is 38.9 Å². The van der Waals surface area contributed by atoms with E-state index in [1.54, 1.807) is 0 Å². The first-order chi connectivity index (χ1) is 9.46. The van der Waals surface area contributed by atoms with Crippen molar-refractivity contribution >= 4 is 15.7 Å². The van der Waals surface area contributed by atoms with Crippen LogP contribution >= 0.6 is 0 Å². The summed E-state index contributed by atoms with van der Waals surface area (Å²) in [5.74, 6) is 0.0433. The maximum Gasteiger partial charge on any atom is 0.237 e. The van der Waals surface area contributed by atoms with Crippen molar-refractivity contribution < 1.29 is 13.2 Å². The van der Waals surface area contributed by atoms with Crippen molar-refractivity contribution in [2.24, 2.45) is 0 Å². The van der Waals surface area contributed by atoms with Crippen LogP contribution in [0.15, 0.2) is 24.3 Å². The molecule has 0 radical (unpaired) electrons. The Kier molecular flexibility index (Phi) is 4.77. The number of hydrogen-bond donors (Lipinski definition) is 2. The van der Waals surface area contributed by atoms with Crippen LogP contribution in [0.4, 0.5) is 0 Å². The number of nitrogens with one attached hydrogen (secondary N) is 2. The zero-order valence-electron chi connectivity index (χ0n) is 11.6. The lowest BCUT2D eigenvalue weighted by atomic mass is 9.95. The van der Waals surface area contributed by atoms with Crippen LogP contribution in [0.25, 0.3) is 0 Å². The van der Waals surface area contributed by atoms with E-state index < -0.39 is 9.84 Å². The van der Waals surface area contributed by atoms with Crippen LogP contribution in [0.1, 0.15) is 17.5 Å². The molecule has 1 aromatic rings. The molecule has 110 valence electrons. The third kappa shape index (κ3) is 4.31. The van der Waals surface area contributed by atoms with E-state index in [0.717, 1.165) is 0 Å². The topological polar surface area (TPSA) is 75.3 Å². The molecule has 1 atom stereocenters. The normalized spacial score (nSPS) is 18.4. The predicted molar refractivity (Wildman–Crippen MR) is 78.1 cm³/mol. The number of rotatable bonds is 5. The molecule has 0 spiro atoms. The summed E-state index contributed by atoms with van der Waals surface area (Å²) in [6.07, 6.45) is 2.33. The van der Waals surface area contributed by atoms with E-state index in [1.807, 2.05) is 18.2 Å². The molecule has 0 saturated carbocycles. The van der Waals surface area contributed by atoms with Gasteiger partial charge in [-0.15, -0.1) is 0 Å². The first-order valence-electron chi connectivity index (χ1n) is 6.71. The Morgan fingerprint density at radius 3 is 2.75 bits per heavy atom. The second-order valence-electron chi connectivity index (χ2n) is 5.18. The van der Waals surface area contributed by atoms with Crippen molar-refractivity contribution in [1.82, 2.24) is 10.6 Å². The highest BCUT2D eigenvalue weighted by molar-refractivity contribution is 7.90. The summed E-state index contributed by atoms with van der Waals surface area (Å²) in [5, 5.41) is 5.99. The van der Waals surface area contributed by atoms with Gasteiger partial charge in [-0.25, -0.2) is 8.42 Å². The number of fused-ring (bicyclic) bond motifs is 1. The highest BCUT2D eigenvalue weighted by Gasteiger charge is 2.23. The fourth-order valence-electron chi connectivity index (χ4n) is 2.31. The molecule has 20 heavy (non-hydrogen) atoms. The number of amides is 1. The predicted octanol–water partition coefficient (Wildman–Crippen LogP) is 0.252. The highest BCUT2D eigenvalue weighted by Crippen LogP contribution is 2.16. The summed E-state index contributed by atoms with van der Waals surface area (Å²) in [5.41, 5.74) is 2.43. The molecule has 1 aromatic carbocycles. The Morgan fingerprint density at radius 1 is 1.35 bits per heavy atom. The van der Waals surface area contributed by atoms with Gasteiger partial charge in [0.15, 0.2) is 0 Å². The van der Waals surface area contributed by atoms with Crippen molar-refractivity contribution in [3.8, 4) is 0 Å². The molecule has 5 nitrogen and oxygen atoms in total. The van der Waals surface area contributed by atoms with E-state index in [0.29, 0.717) is 25.9 Å². The second-order valence-corrected chi connectivity index (χ2v) is 7.44. The summed E-state index contributed by atoms with van der Waals surface area (Å²) in [7, 11) is -2.95. The Balaban J connectivity index is 1.80. The Morgan fingerprint density at radius 2 is 2.05 bits per heavy atom. The third-order valence-corrected chi connectivity index (χ3v) is 4.42. The maximum atomic E-state index is 12.0. The van der Waals surface area contributed by atoms with Gasteiger partial charge in [0.25, 0.3) is 0 Å². The Labute approximate surface area is 119 Å². The van der Waals surface area contributed by atoms with Crippen molar-refractivity contribution in [1.29, 1.82) is 0 Å². The lowest BCUT2D eigenvalue weighted by molar-refractivity contribution is -0.123. The van der Waals surface area contributed by atoms with E-state index >= 15 is 0 Å². The minimum atomic E-state index is -2.95. The average molecular weight is 296 g/mol. The van der Waals surface area contributed by atoms with Gasteiger partial charge in [0, 0.05) is 19.3 Å². The van der Waals surface area contributed by atoms with E-state index in [2.05, 4.69) is 16.7 Å². The first-order valence-corrected chi connectivity index (χ1v) is 8.77. The van der Waals surface area contributed by atoms with Crippen molar-refractivity contribution in [2.45, 2.75) is 25.4 Å². The van der Waals surface area contributed by atoms with Gasteiger partial charge in [0.05, 0.1) is 11.8 Å². The van der Waals surface area contributed by atoms with Gasteiger partial charge in [-0.2, -0.15) is 0 Å². The maximum absolute atomic E-state index is 12.0. The number of hydrogen-bond acceptors (Lipinski definition) is 4. The quantitative estimate of drug-likeness (QED) is 0.764. The molecule has 0 saturated heterocycles. The SMILES string of the molecule is CS(=O)(=O)CCCNC(=O)[C@@H]1Cc2ccccc2CN1. The van der Waals surface area contributed by atoms with Crippen molar-refractivity contribution in [2.75, 3.05) is 18.6 Å². The van der Waals surface area contributed by atoms with Crippen molar-refractivity contribution in [3.05, 3.63) is 35.4 Å². The average Bonchev–Trinajstić information content (AvgIpc) is 2.42. The van der Waals surface area contributed by atoms with Gasteiger partial charge in [-0.1, -0.05) is 24.3 Å². The third-order valence-electron chi connectivity index (χ3n) is 3.39. The number of carbonyl (C=O) groups is 1. The van der Waals surface area contributed by atoms with Crippen LogP contribution in [0.3, 0.4) is 0 Å². The first kappa shape index (κ1) is 15.0. The molecule has 1 heterocycles. The molecule has 2 rings (SSSR count). The molecule has 0 unspecified atom stereocenters. The summed E-state index contributed by atoms with van der Waals surface area (Å²) in [6.45, 7) is 1.09. The summed E-state index contributed by atoms with van der Waals surface area (Å²) in [6, 6.07) is 7.84. The van der Waals surface area contributed by atoms with E-state index in [9.17, 15) is 13.2 Å². The van der Waals surface area contributed by atoms with E-state index in [4.69, 9.17) is 0 Å². The van der Waals surface area contributed by atoms with Gasteiger partial charge < -0.3 is 10.6 Å². The molecule has 1 amide bonds.